The third-order valence-electron chi connectivity index (χ3n) is 3.92. The maximum Gasteiger partial charge on any atom is 0.244 e. The first kappa shape index (κ1) is 15.5. The highest BCUT2D eigenvalue weighted by Gasteiger charge is 2.47. The minimum absolute atomic E-state index is 0.0217. The molecule has 2 atom stereocenters. The Labute approximate surface area is 125 Å². The van der Waals surface area contributed by atoms with Gasteiger partial charge in [-0.05, 0) is 39.3 Å². The smallest absolute Gasteiger partial charge is 0.244 e. The van der Waals surface area contributed by atoms with Crippen molar-refractivity contribution in [1.82, 2.24) is 10.2 Å². The van der Waals surface area contributed by atoms with Gasteiger partial charge in [-0.1, -0.05) is 6.92 Å². The lowest BCUT2D eigenvalue weighted by Gasteiger charge is -2.23. The predicted octanol–water partition coefficient (Wildman–Crippen LogP) is 2.69. The van der Waals surface area contributed by atoms with Gasteiger partial charge in [-0.3, -0.25) is 10.1 Å². The van der Waals surface area contributed by atoms with Crippen molar-refractivity contribution in [3.8, 4) is 0 Å². The molecular weight excluding hydrogens is 272 g/mol. The molecule has 20 heavy (non-hydrogen) atoms. The lowest BCUT2D eigenvalue weighted by molar-refractivity contribution is -0.133. The van der Waals surface area contributed by atoms with Gasteiger partial charge in [0, 0.05) is 22.9 Å². The Balaban J connectivity index is 2.20. The van der Waals surface area contributed by atoms with Crippen molar-refractivity contribution in [1.29, 1.82) is 0 Å². The van der Waals surface area contributed by atoms with Crippen molar-refractivity contribution in [3.63, 3.8) is 0 Å². The summed E-state index contributed by atoms with van der Waals surface area (Å²) in [7, 11) is 0. The summed E-state index contributed by atoms with van der Waals surface area (Å²) < 4.78 is 5.42. The van der Waals surface area contributed by atoms with Gasteiger partial charge in [-0.25, -0.2) is 0 Å². The van der Waals surface area contributed by atoms with E-state index < -0.39 is 5.54 Å². The fourth-order valence-electron chi connectivity index (χ4n) is 2.49. The number of nitrogens with zero attached hydrogens (tertiary/aromatic N) is 1. The average Bonchev–Trinajstić information content (AvgIpc) is 2.96. The van der Waals surface area contributed by atoms with Crippen LogP contribution in [0.3, 0.4) is 0 Å². The fourth-order valence-corrected chi connectivity index (χ4v) is 3.43. The summed E-state index contributed by atoms with van der Waals surface area (Å²) >= 11 is 1.74. The molecule has 1 aromatic rings. The summed E-state index contributed by atoms with van der Waals surface area (Å²) in [6.07, 6.45) is 0.768. The molecule has 1 amide bonds. The van der Waals surface area contributed by atoms with Crippen LogP contribution in [0.15, 0.2) is 12.1 Å². The van der Waals surface area contributed by atoms with Crippen LogP contribution in [-0.4, -0.2) is 36.1 Å². The number of carbonyl (C=O) groups is 1. The summed E-state index contributed by atoms with van der Waals surface area (Å²) in [5.41, 5.74) is -0.464. The number of hydrogen-bond donors (Lipinski definition) is 1. The van der Waals surface area contributed by atoms with Crippen molar-refractivity contribution < 1.29 is 9.53 Å². The molecule has 0 bridgehead atoms. The van der Waals surface area contributed by atoms with E-state index in [2.05, 4.69) is 24.4 Å². The summed E-state index contributed by atoms with van der Waals surface area (Å²) in [6, 6.07) is 4.22. The van der Waals surface area contributed by atoms with E-state index in [0.29, 0.717) is 19.8 Å². The van der Waals surface area contributed by atoms with Crippen LogP contribution >= 0.6 is 11.3 Å². The highest BCUT2D eigenvalue weighted by molar-refractivity contribution is 7.12. The van der Waals surface area contributed by atoms with Gasteiger partial charge in [-0.2, -0.15) is 0 Å². The van der Waals surface area contributed by atoms with Crippen LogP contribution in [0.25, 0.3) is 0 Å². The van der Waals surface area contributed by atoms with E-state index >= 15 is 0 Å². The van der Waals surface area contributed by atoms with Crippen LogP contribution in [0.4, 0.5) is 0 Å². The topological polar surface area (TPSA) is 41.6 Å². The molecule has 1 fully saturated rings. The van der Waals surface area contributed by atoms with Gasteiger partial charge in [0.15, 0.2) is 0 Å². The number of amides is 1. The van der Waals surface area contributed by atoms with Crippen LogP contribution in [0.2, 0.25) is 0 Å². The second-order valence-corrected chi connectivity index (χ2v) is 6.70. The average molecular weight is 296 g/mol. The second kappa shape index (κ2) is 6.24. The normalized spacial score (nSPS) is 26.5. The molecule has 1 saturated heterocycles. The number of thiophene rings is 1. The van der Waals surface area contributed by atoms with E-state index in [0.717, 1.165) is 6.42 Å². The van der Waals surface area contributed by atoms with Gasteiger partial charge in [0.05, 0.1) is 12.1 Å². The van der Waals surface area contributed by atoms with E-state index in [1.165, 1.54) is 9.75 Å². The molecule has 0 spiro atoms. The van der Waals surface area contributed by atoms with Crippen molar-refractivity contribution >= 4 is 17.2 Å². The van der Waals surface area contributed by atoms with Crippen LogP contribution in [-0.2, 0) is 9.53 Å². The summed E-state index contributed by atoms with van der Waals surface area (Å²) in [5, 5.41) is 3.50. The highest BCUT2D eigenvalue weighted by atomic mass is 32.1. The Bertz CT molecular complexity index is 474. The van der Waals surface area contributed by atoms with Gasteiger partial charge in [0.1, 0.15) is 6.17 Å². The number of aryl methyl sites for hydroxylation is 1. The fraction of sp³-hybridized carbons (Fsp3) is 0.667. The Morgan fingerprint density at radius 1 is 1.45 bits per heavy atom. The molecule has 2 rings (SSSR count). The predicted molar refractivity (Wildman–Crippen MR) is 81.8 cm³/mol. The van der Waals surface area contributed by atoms with Gasteiger partial charge >= 0.3 is 0 Å². The molecule has 1 aliphatic heterocycles. The number of carbonyl (C=O) groups excluding carboxylic acids is 1. The number of nitrogens with one attached hydrogen (secondary N) is 1. The molecule has 0 aliphatic carbocycles. The van der Waals surface area contributed by atoms with Gasteiger partial charge in [0.2, 0.25) is 5.91 Å². The van der Waals surface area contributed by atoms with Crippen LogP contribution in [0, 0.1) is 6.92 Å². The summed E-state index contributed by atoms with van der Waals surface area (Å²) in [5.74, 6) is 0.177. The molecule has 0 aromatic carbocycles. The SMILES string of the molecule is CCOCCN1C(=O)C(C)(CC)NC1c1ccc(C)s1. The molecule has 1 aliphatic rings. The van der Waals surface area contributed by atoms with Crippen LogP contribution in [0.1, 0.15) is 43.1 Å². The molecule has 4 nitrogen and oxygen atoms in total. The summed E-state index contributed by atoms with van der Waals surface area (Å²) in [6.45, 7) is 10.0. The first-order valence-electron chi connectivity index (χ1n) is 7.24. The van der Waals surface area contributed by atoms with Gasteiger partial charge in [0.25, 0.3) is 0 Å². The van der Waals surface area contributed by atoms with Crippen LogP contribution in [0.5, 0.6) is 0 Å². The third kappa shape index (κ3) is 2.90. The lowest BCUT2D eigenvalue weighted by atomic mass is 9.99. The molecule has 0 radical (unpaired) electrons. The zero-order valence-corrected chi connectivity index (χ0v) is 13.5. The first-order valence-corrected chi connectivity index (χ1v) is 8.06. The zero-order valence-electron chi connectivity index (χ0n) is 12.7. The van der Waals surface area contributed by atoms with Crippen molar-refractivity contribution in [3.05, 3.63) is 21.9 Å². The molecular formula is C15H24N2O2S. The Morgan fingerprint density at radius 3 is 2.75 bits per heavy atom. The third-order valence-corrected chi connectivity index (χ3v) is 4.97. The van der Waals surface area contributed by atoms with Crippen molar-refractivity contribution in [2.75, 3.05) is 19.8 Å². The molecule has 2 unspecified atom stereocenters. The monoisotopic (exact) mass is 296 g/mol. The van der Waals surface area contributed by atoms with E-state index in [9.17, 15) is 4.79 Å². The first-order chi connectivity index (χ1) is 9.51. The Morgan fingerprint density at radius 2 is 2.20 bits per heavy atom. The Hall–Kier alpha value is -0.910. The van der Waals surface area contributed by atoms with Crippen molar-refractivity contribution in [2.45, 2.75) is 45.8 Å². The van der Waals surface area contributed by atoms with Crippen molar-refractivity contribution in [2.24, 2.45) is 0 Å². The maximum absolute atomic E-state index is 12.7. The van der Waals surface area contributed by atoms with E-state index in [-0.39, 0.29) is 12.1 Å². The Kier molecular flexibility index (Phi) is 4.83. The molecule has 0 saturated carbocycles. The number of ether oxygens (including phenoxy) is 1. The number of rotatable bonds is 6. The molecule has 5 heteroatoms. The van der Waals surface area contributed by atoms with E-state index in [4.69, 9.17) is 4.74 Å². The standard InChI is InChI=1S/C15H24N2O2S/c1-5-15(4)14(18)17(9-10-19-6-2)13(16-15)12-8-7-11(3)20-12/h7-8,13,16H,5-6,9-10H2,1-4H3. The molecule has 1 aromatic heterocycles. The zero-order chi connectivity index (χ0) is 14.8. The minimum atomic E-state index is -0.464. The quantitative estimate of drug-likeness (QED) is 0.821. The van der Waals surface area contributed by atoms with E-state index in [1.807, 2.05) is 25.7 Å². The lowest BCUT2D eigenvalue weighted by Crippen LogP contribution is -2.43. The largest absolute Gasteiger partial charge is 0.380 e. The molecule has 1 N–H and O–H groups in total. The molecule has 2 heterocycles. The second-order valence-electron chi connectivity index (χ2n) is 5.38. The maximum atomic E-state index is 12.7. The molecule has 112 valence electrons. The number of hydrogen-bond acceptors (Lipinski definition) is 4. The van der Waals surface area contributed by atoms with Crippen LogP contribution < -0.4 is 5.32 Å². The van der Waals surface area contributed by atoms with Gasteiger partial charge < -0.3 is 9.64 Å². The van der Waals surface area contributed by atoms with Gasteiger partial charge in [-0.15, -0.1) is 11.3 Å². The summed E-state index contributed by atoms with van der Waals surface area (Å²) in [4.78, 5) is 17.0. The minimum Gasteiger partial charge on any atom is -0.380 e. The highest BCUT2D eigenvalue weighted by Crippen LogP contribution is 2.35. The van der Waals surface area contributed by atoms with E-state index in [1.54, 1.807) is 11.3 Å².